The zero-order chi connectivity index (χ0) is 6.85. The minimum atomic E-state index is 0.361. The molecule has 0 unspecified atom stereocenters. The number of ether oxygens (including phenoxy) is 1. The molecular weight excluding hydrogens is 112 g/mol. The molecule has 0 radical (unpaired) electrons. The molecule has 0 spiro atoms. The van der Waals surface area contributed by atoms with Gasteiger partial charge in [0.1, 0.15) is 6.10 Å². The average molecular weight is 126 g/mol. The van der Waals surface area contributed by atoms with E-state index in [9.17, 15) is 0 Å². The second kappa shape index (κ2) is 2.53. The van der Waals surface area contributed by atoms with Gasteiger partial charge in [0.25, 0.3) is 0 Å². The highest BCUT2D eigenvalue weighted by Gasteiger charge is 2.39. The number of rotatable bonds is 3. The molecule has 1 nitrogen and oxygen atoms in total. The van der Waals surface area contributed by atoms with Gasteiger partial charge in [-0.05, 0) is 5.92 Å². The normalized spacial score (nSPS) is 35.8. The summed E-state index contributed by atoms with van der Waals surface area (Å²) >= 11 is 0. The third-order valence-electron chi connectivity index (χ3n) is 2.00. The van der Waals surface area contributed by atoms with Crippen molar-refractivity contribution in [3.8, 4) is 0 Å². The molecule has 1 fully saturated rings. The largest absolute Gasteiger partial charge is 0.365 e. The summed E-state index contributed by atoms with van der Waals surface area (Å²) in [4.78, 5) is 0. The Bertz CT molecular complexity index is 109. The van der Waals surface area contributed by atoms with Crippen LogP contribution in [0.3, 0.4) is 0 Å². The third kappa shape index (κ3) is 1.33. The molecule has 0 aliphatic carbocycles. The van der Waals surface area contributed by atoms with Gasteiger partial charge in [-0.25, -0.2) is 0 Å². The molecule has 3 atom stereocenters. The molecule has 0 aromatic rings. The van der Waals surface area contributed by atoms with Crippen LogP contribution in [0.25, 0.3) is 0 Å². The van der Waals surface area contributed by atoms with E-state index < -0.39 is 0 Å². The van der Waals surface area contributed by atoms with Gasteiger partial charge in [0.2, 0.25) is 0 Å². The predicted octanol–water partition coefficient (Wildman–Crippen LogP) is 1.99. The fraction of sp³-hybridized carbons (Fsp3) is 0.750. The Labute approximate surface area is 56.7 Å². The van der Waals surface area contributed by atoms with Crippen molar-refractivity contribution < 1.29 is 4.74 Å². The molecule has 1 aliphatic rings. The first-order chi connectivity index (χ1) is 4.29. The molecule has 0 aromatic carbocycles. The molecular formula is C8H14O. The Morgan fingerprint density at radius 3 is 2.78 bits per heavy atom. The summed E-state index contributed by atoms with van der Waals surface area (Å²) in [5.41, 5.74) is 0. The van der Waals surface area contributed by atoms with E-state index in [2.05, 4.69) is 20.4 Å². The first kappa shape index (κ1) is 6.81. The zero-order valence-electron chi connectivity index (χ0n) is 6.13. The van der Waals surface area contributed by atoms with Crippen LogP contribution in [0.5, 0.6) is 0 Å². The van der Waals surface area contributed by atoms with Crippen LogP contribution >= 0.6 is 0 Å². The minimum absolute atomic E-state index is 0.361. The quantitative estimate of drug-likeness (QED) is 0.416. The highest BCUT2D eigenvalue weighted by molar-refractivity contribution is 4.99. The van der Waals surface area contributed by atoms with Crippen LogP contribution in [0.4, 0.5) is 0 Å². The fourth-order valence-corrected chi connectivity index (χ4v) is 1.02. The third-order valence-corrected chi connectivity index (χ3v) is 2.00. The summed E-state index contributed by atoms with van der Waals surface area (Å²) in [6.07, 6.45) is 3.93. The van der Waals surface area contributed by atoms with E-state index in [0.29, 0.717) is 18.1 Å². The molecule has 1 heterocycles. The Balaban J connectivity index is 2.24. The number of hydrogen-bond donors (Lipinski definition) is 0. The van der Waals surface area contributed by atoms with Gasteiger partial charge >= 0.3 is 0 Å². The summed E-state index contributed by atoms with van der Waals surface area (Å²) in [5.74, 6) is 0.702. The molecule has 0 amide bonds. The molecule has 0 saturated carbocycles. The molecule has 1 rings (SSSR count). The van der Waals surface area contributed by atoms with Crippen LogP contribution in [0.15, 0.2) is 12.7 Å². The standard InChI is InChI=1S/C8H14O/c1-4-6(3)8-7(5-2)9-8/h5-8H,2,4H2,1,3H3/t6-,7-,8+/m0/s1. The Hall–Kier alpha value is -0.300. The lowest BCUT2D eigenvalue weighted by molar-refractivity contribution is 0.329. The van der Waals surface area contributed by atoms with Gasteiger partial charge in [-0.15, -0.1) is 6.58 Å². The van der Waals surface area contributed by atoms with Gasteiger partial charge < -0.3 is 4.74 Å². The van der Waals surface area contributed by atoms with Crippen molar-refractivity contribution in [3.63, 3.8) is 0 Å². The van der Waals surface area contributed by atoms with Gasteiger partial charge in [0.15, 0.2) is 0 Å². The van der Waals surface area contributed by atoms with Crippen molar-refractivity contribution in [1.29, 1.82) is 0 Å². The zero-order valence-corrected chi connectivity index (χ0v) is 6.13. The molecule has 1 saturated heterocycles. The smallest absolute Gasteiger partial charge is 0.102 e. The molecule has 0 N–H and O–H groups in total. The molecule has 9 heavy (non-hydrogen) atoms. The maximum absolute atomic E-state index is 5.30. The maximum Gasteiger partial charge on any atom is 0.102 e. The van der Waals surface area contributed by atoms with E-state index >= 15 is 0 Å². The first-order valence-electron chi connectivity index (χ1n) is 3.57. The molecule has 0 bridgehead atoms. The van der Waals surface area contributed by atoms with Crippen molar-refractivity contribution in [2.24, 2.45) is 5.92 Å². The number of hydrogen-bond acceptors (Lipinski definition) is 1. The summed E-state index contributed by atoms with van der Waals surface area (Å²) in [5, 5.41) is 0. The van der Waals surface area contributed by atoms with E-state index in [1.54, 1.807) is 0 Å². The monoisotopic (exact) mass is 126 g/mol. The molecule has 1 aliphatic heterocycles. The summed E-state index contributed by atoms with van der Waals surface area (Å²) < 4.78 is 5.30. The van der Waals surface area contributed by atoms with E-state index in [0.717, 1.165) is 0 Å². The van der Waals surface area contributed by atoms with Crippen LogP contribution in [0.1, 0.15) is 20.3 Å². The Morgan fingerprint density at radius 1 is 1.78 bits per heavy atom. The Morgan fingerprint density at radius 2 is 2.44 bits per heavy atom. The summed E-state index contributed by atoms with van der Waals surface area (Å²) in [6.45, 7) is 8.07. The van der Waals surface area contributed by atoms with Crippen LogP contribution in [-0.2, 0) is 4.74 Å². The molecule has 1 heteroatoms. The fourth-order valence-electron chi connectivity index (χ4n) is 1.02. The van der Waals surface area contributed by atoms with Crippen LogP contribution in [0.2, 0.25) is 0 Å². The van der Waals surface area contributed by atoms with Crippen molar-refractivity contribution in [1.82, 2.24) is 0 Å². The van der Waals surface area contributed by atoms with E-state index in [-0.39, 0.29) is 0 Å². The van der Waals surface area contributed by atoms with Gasteiger partial charge in [0, 0.05) is 0 Å². The SMILES string of the molecule is C=C[C@@H]1O[C@@H]1[C@@H](C)CC. The summed E-state index contributed by atoms with van der Waals surface area (Å²) in [7, 11) is 0. The van der Waals surface area contributed by atoms with E-state index in [1.165, 1.54) is 6.42 Å². The van der Waals surface area contributed by atoms with E-state index in [4.69, 9.17) is 4.74 Å². The van der Waals surface area contributed by atoms with E-state index in [1.807, 2.05) is 6.08 Å². The molecule has 0 aromatic heterocycles. The van der Waals surface area contributed by atoms with Gasteiger partial charge in [0.05, 0.1) is 6.10 Å². The van der Waals surface area contributed by atoms with Crippen molar-refractivity contribution in [2.75, 3.05) is 0 Å². The topological polar surface area (TPSA) is 12.5 Å². The number of epoxide rings is 1. The Kier molecular flexibility index (Phi) is 1.91. The lowest BCUT2D eigenvalue weighted by Gasteiger charge is -2.00. The van der Waals surface area contributed by atoms with Crippen molar-refractivity contribution >= 4 is 0 Å². The van der Waals surface area contributed by atoms with Crippen LogP contribution < -0.4 is 0 Å². The van der Waals surface area contributed by atoms with Crippen LogP contribution in [0, 0.1) is 5.92 Å². The lowest BCUT2D eigenvalue weighted by atomic mass is 10.0. The van der Waals surface area contributed by atoms with Crippen molar-refractivity contribution in [3.05, 3.63) is 12.7 Å². The highest BCUT2D eigenvalue weighted by atomic mass is 16.6. The predicted molar refractivity (Wildman–Crippen MR) is 38.3 cm³/mol. The van der Waals surface area contributed by atoms with Crippen LogP contribution in [-0.4, -0.2) is 12.2 Å². The van der Waals surface area contributed by atoms with Crippen molar-refractivity contribution in [2.45, 2.75) is 32.5 Å². The second-order valence-corrected chi connectivity index (χ2v) is 2.69. The average Bonchev–Trinajstić information content (AvgIpc) is 2.64. The second-order valence-electron chi connectivity index (χ2n) is 2.69. The lowest BCUT2D eigenvalue weighted by Crippen LogP contribution is -2.03. The van der Waals surface area contributed by atoms with Gasteiger partial charge in [-0.3, -0.25) is 0 Å². The first-order valence-corrected chi connectivity index (χ1v) is 3.57. The van der Waals surface area contributed by atoms with Gasteiger partial charge in [-0.2, -0.15) is 0 Å². The molecule has 52 valence electrons. The van der Waals surface area contributed by atoms with Gasteiger partial charge in [-0.1, -0.05) is 26.3 Å². The summed E-state index contributed by atoms with van der Waals surface area (Å²) in [6, 6.07) is 0. The highest BCUT2D eigenvalue weighted by Crippen LogP contribution is 2.31. The minimum Gasteiger partial charge on any atom is -0.365 e. The maximum atomic E-state index is 5.30.